The summed E-state index contributed by atoms with van der Waals surface area (Å²) in [6.07, 6.45) is 7.35. The maximum Gasteiger partial charge on any atom is 0.193 e. The number of nitriles is 1. The molecule has 1 aromatic carbocycles. The minimum atomic E-state index is -0.452. The number of nitrogens with zero attached hydrogens (tertiary/aromatic N) is 6. The van der Waals surface area contributed by atoms with E-state index in [1.807, 2.05) is 18.2 Å². The molecule has 0 radical (unpaired) electrons. The van der Waals surface area contributed by atoms with Gasteiger partial charge >= 0.3 is 0 Å². The van der Waals surface area contributed by atoms with Gasteiger partial charge in [-0.2, -0.15) is 5.26 Å². The lowest BCUT2D eigenvalue weighted by Crippen LogP contribution is -2.27. The topological polar surface area (TPSA) is 91.9 Å². The van der Waals surface area contributed by atoms with Crippen LogP contribution >= 0.6 is 11.8 Å². The van der Waals surface area contributed by atoms with Gasteiger partial charge in [-0.3, -0.25) is 14.6 Å². The van der Waals surface area contributed by atoms with E-state index in [0.717, 1.165) is 29.4 Å². The lowest BCUT2D eigenvalue weighted by molar-refractivity contribution is 0.0604. The zero-order valence-corrected chi connectivity index (χ0v) is 16.5. The van der Waals surface area contributed by atoms with E-state index in [1.54, 1.807) is 23.6 Å². The van der Waals surface area contributed by atoms with Gasteiger partial charge in [-0.1, -0.05) is 17.4 Å². The lowest BCUT2D eigenvalue weighted by atomic mass is 10.1. The summed E-state index contributed by atoms with van der Waals surface area (Å²) in [5.74, 6) is 1.17. The molecule has 0 amide bonds. The molecular formula is C20H16FN7OS. The number of benzene rings is 1. The van der Waals surface area contributed by atoms with Gasteiger partial charge in [-0.05, 0) is 43.2 Å². The molecule has 1 fully saturated rings. The minimum Gasteiger partial charge on any atom is -0.387 e. The zero-order valence-electron chi connectivity index (χ0n) is 15.7. The number of rotatable bonds is 6. The van der Waals surface area contributed by atoms with Crippen LogP contribution in [0.15, 0.2) is 54.1 Å². The second-order valence-corrected chi connectivity index (χ2v) is 7.79. The third-order valence-corrected chi connectivity index (χ3v) is 5.70. The van der Waals surface area contributed by atoms with Crippen molar-refractivity contribution in [3.8, 4) is 17.5 Å². The molecular weight excluding hydrogens is 405 g/mol. The van der Waals surface area contributed by atoms with Crippen molar-refractivity contribution in [3.05, 3.63) is 65.9 Å². The predicted octanol–water partition coefficient (Wildman–Crippen LogP) is 3.49. The first-order chi connectivity index (χ1) is 14.7. The van der Waals surface area contributed by atoms with Gasteiger partial charge < -0.3 is 4.84 Å². The van der Waals surface area contributed by atoms with E-state index in [2.05, 4.69) is 25.3 Å². The maximum absolute atomic E-state index is 14.1. The Bertz CT molecular complexity index is 1150. The van der Waals surface area contributed by atoms with E-state index in [0.29, 0.717) is 23.2 Å². The van der Waals surface area contributed by atoms with Crippen LogP contribution in [0.2, 0.25) is 0 Å². The third-order valence-electron chi connectivity index (χ3n) is 4.75. The number of hydrogen-bond acceptors (Lipinski definition) is 8. The standard InChI is InChI=1S/C20H16FN7OS/c21-17-4-1-13(10-22)9-16(17)18-11-27(26-29-18)12-30-20-25-24-19(28(20)15-2-3-15)14-5-7-23-8-6-14/h1,4-9,11,15,26H,2-3,12H2. The summed E-state index contributed by atoms with van der Waals surface area (Å²) in [4.78, 5) is 9.47. The van der Waals surface area contributed by atoms with Gasteiger partial charge in [0, 0.05) is 24.0 Å². The van der Waals surface area contributed by atoms with Crippen LogP contribution < -0.4 is 5.59 Å². The van der Waals surface area contributed by atoms with Gasteiger partial charge in [0.05, 0.1) is 29.3 Å². The molecule has 30 heavy (non-hydrogen) atoms. The quantitative estimate of drug-likeness (QED) is 0.605. The Morgan fingerprint density at radius 1 is 1.23 bits per heavy atom. The number of aromatic nitrogens is 4. The largest absolute Gasteiger partial charge is 0.387 e. The first-order valence-electron chi connectivity index (χ1n) is 9.32. The minimum absolute atomic E-state index is 0.232. The molecule has 2 aliphatic rings. The number of halogens is 1. The molecule has 3 aromatic rings. The molecule has 0 saturated heterocycles. The molecule has 5 rings (SSSR count). The van der Waals surface area contributed by atoms with Crippen molar-refractivity contribution < 1.29 is 9.23 Å². The average molecular weight is 421 g/mol. The first-order valence-corrected chi connectivity index (χ1v) is 10.3. The number of thioether (sulfide) groups is 1. The molecule has 0 bridgehead atoms. The zero-order chi connectivity index (χ0) is 20.5. The number of pyridine rings is 1. The fourth-order valence-electron chi connectivity index (χ4n) is 3.14. The molecule has 1 N–H and O–H groups in total. The molecule has 0 atom stereocenters. The molecule has 2 aromatic heterocycles. The Hall–Kier alpha value is -3.42. The van der Waals surface area contributed by atoms with Crippen molar-refractivity contribution >= 4 is 17.5 Å². The molecule has 8 nitrogen and oxygen atoms in total. The highest BCUT2D eigenvalue weighted by Crippen LogP contribution is 2.41. The first kappa shape index (κ1) is 18.6. The van der Waals surface area contributed by atoms with Crippen LogP contribution in [0.4, 0.5) is 4.39 Å². The highest BCUT2D eigenvalue weighted by Gasteiger charge is 2.30. The second kappa shape index (κ2) is 7.78. The maximum atomic E-state index is 14.1. The van der Waals surface area contributed by atoms with E-state index < -0.39 is 5.82 Å². The summed E-state index contributed by atoms with van der Waals surface area (Å²) in [7, 11) is 0. The Balaban J connectivity index is 1.33. The van der Waals surface area contributed by atoms with Gasteiger partial charge in [-0.15, -0.1) is 10.2 Å². The van der Waals surface area contributed by atoms with Crippen molar-refractivity contribution in [2.75, 3.05) is 5.88 Å². The van der Waals surface area contributed by atoms with Crippen molar-refractivity contribution in [3.63, 3.8) is 0 Å². The SMILES string of the molecule is N#Cc1ccc(F)c(C2=CN(CSc3nnc(-c4ccncc4)n3C3CC3)NO2)c1. The van der Waals surface area contributed by atoms with Crippen LogP contribution in [0.3, 0.4) is 0 Å². The van der Waals surface area contributed by atoms with E-state index in [9.17, 15) is 4.39 Å². The van der Waals surface area contributed by atoms with Gasteiger partial charge in [0.1, 0.15) is 5.82 Å². The fourth-order valence-corrected chi connectivity index (χ4v) is 3.99. The van der Waals surface area contributed by atoms with Crippen molar-refractivity contribution in [1.82, 2.24) is 30.3 Å². The van der Waals surface area contributed by atoms with Crippen molar-refractivity contribution in [2.45, 2.75) is 24.0 Å². The predicted molar refractivity (Wildman–Crippen MR) is 107 cm³/mol. The van der Waals surface area contributed by atoms with Crippen LogP contribution in [0, 0.1) is 17.1 Å². The van der Waals surface area contributed by atoms with E-state index >= 15 is 0 Å². The highest BCUT2D eigenvalue weighted by atomic mass is 32.2. The number of nitrogens with one attached hydrogen (secondary N) is 1. The Morgan fingerprint density at radius 2 is 2.07 bits per heavy atom. The number of hydrazine groups is 1. The Labute approximate surface area is 175 Å². The van der Waals surface area contributed by atoms with E-state index in [1.165, 1.54) is 30.0 Å². The lowest BCUT2D eigenvalue weighted by Gasteiger charge is -2.13. The fraction of sp³-hybridized carbons (Fsp3) is 0.200. The van der Waals surface area contributed by atoms with Crippen LogP contribution in [-0.4, -0.2) is 30.6 Å². The van der Waals surface area contributed by atoms with Gasteiger partial charge in [-0.25, -0.2) is 4.39 Å². The summed E-state index contributed by atoms with van der Waals surface area (Å²) in [5, 5.41) is 20.3. The Morgan fingerprint density at radius 3 is 2.83 bits per heavy atom. The third kappa shape index (κ3) is 3.60. The summed E-state index contributed by atoms with van der Waals surface area (Å²) >= 11 is 1.50. The van der Waals surface area contributed by atoms with Gasteiger partial charge in [0.2, 0.25) is 0 Å². The van der Waals surface area contributed by atoms with E-state index in [-0.39, 0.29) is 5.56 Å². The summed E-state index contributed by atoms with van der Waals surface area (Å²) < 4.78 is 16.3. The molecule has 0 spiro atoms. The molecule has 150 valence electrons. The second-order valence-electron chi connectivity index (χ2n) is 6.88. The van der Waals surface area contributed by atoms with Crippen LogP contribution in [-0.2, 0) is 4.84 Å². The van der Waals surface area contributed by atoms with Gasteiger partial charge in [0.15, 0.2) is 16.7 Å². The smallest absolute Gasteiger partial charge is 0.193 e. The molecule has 1 saturated carbocycles. The molecule has 1 aliphatic carbocycles. The number of hydrogen-bond donors (Lipinski definition) is 1. The average Bonchev–Trinajstić information content (AvgIpc) is 3.35. The molecule has 10 heteroatoms. The highest BCUT2D eigenvalue weighted by molar-refractivity contribution is 7.99. The van der Waals surface area contributed by atoms with Crippen LogP contribution in [0.5, 0.6) is 0 Å². The Kier molecular flexibility index (Phi) is 4.82. The van der Waals surface area contributed by atoms with E-state index in [4.69, 9.17) is 10.1 Å². The molecule has 3 heterocycles. The molecule has 1 aliphatic heterocycles. The van der Waals surface area contributed by atoms with Crippen LogP contribution in [0.25, 0.3) is 17.1 Å². The van der Waals surface area contributed by atoms with Crippen LogP contribution in [0.1, 0.15) is 30.0 Å². The van der Waals surface area contributed by atoms with Crippen molar-refractivity contribution in [1.29, 1.82) is 5.26 Å². The van der Waals surface area contributed by atoms with Gasteiger partial charge in [0.25, 0.3) is 0 Å². The monoisotopic (exact) mass is 421 g/mol. The summed E-state index contributed by atoms with van der Waals surface area (Å²) in [5.41, 5.74) is 4.33. The normalized spacial score (nSPS) is 15.6. The molecule has 0 unspecified atom stereocenters. The summed E-state index contributed by atoms with van der Waals surface area (Å²) in [6, 6.07) is 10.4. The van der Waals surface area contributed by atoms with Crippen molar-refractivity contribution in [2.24, 2.45) is 0 Å². The summed E-state index contributed by atoms with van der Waals surface area (Å²) in [6.45, 7) is 0.